The van der Waals surface area contributed by atoms with Crippen LogP contribution in [0.1, 0.15) is 28.3 Å². The molecule has 3 aromatic rings. The summed E-state index contributed by atoms with van der Waals surface area (Å²) in [4.78, 5) is 27.3. The predicted octanol–water partition coefficient (Wildman–Crippen LogP) is 3.04. The van der Waals surface area contributed by atoms with Crippen LogP contribution in [0.25, 0.3) is 10.9 Å². The Balaban J connectivity index is 1.48. The number of para-hydroxylation sites is 1. The molecule has 0 radical (unpaired) electrons. The minimum atomic E-state index is 0.00702. The van der Waals surface area contributed by atoms with Gasteiger partial charge in [-0.1, -0.05) is 18.2 Å². The van der Waals surface area contributed by atoms with E-state index in [1.165, 1.54) is 10.9 Å². The zero-order valence-corrected chi connectivity index (χ0v) is 14.2. The number of rotatable bonds is 3. The van der Waals surface area contributed by atoms with E-state index < -0.39 is 0 Å². The van der Waals surface area contributed by atoms with Crippen LogP contribution in [0.4, 0.5) is 0 Å². The molecule has 5 nitrogen and oxygen atoms in total. The first-order chi connectivity index (χ1) is 12.2. The van der Waals surface area contributed by atoms with Gasteiger partial charge in [-0.3, -0.25) is 9.78 Å². The number of aromatic nitrogens is 3. The molecule has 0 saturated carbocycles. The van der Waals surface area contributed by atoms with E-state index >= 15 is 0 Å². The first kappa shape index (κ1) is 15.7. The second-order valence-electron chi connectivity index (χ2n) is 6.59. The molecule has 1 saturated heterocycles. The van der Waals surface area contributed by atoms with Crippen molar-refractivity contribution in [1.29, 1.82) is 0 Å². The molecule has 0 spiro atoms. The molecule has 126 valence electrons. The van der Waals surface area contributed by atoms with Gasteiger partial charge in [0.25, 0.3) is 5.91 Å². The van der Waals surface area contributed by atoms with Crippen LogP contribution in [-0.4, -0.2) is 38.8 Å². The summed E-state index contributed by atoms with van der Waals surface area (Å²) < 4.78 is 0. The number of hydrogen-bond donors (Lipinski definition) is 0. The van der Waals surface area contributed by atoms with Gasteiger partial charge in [0.15, 0.2) is 0 Å². The number of carbonyl (C=O) groups is 1. The lowest BCUT2D eigenvalue weighted by Crippen LogP contribution is -2.29. The van der Waals surface area contributed by atoms with Gasteiger partial charge in [0.05, 0.1) is 5.52 Å². The summed E-state index contributed by atoms with van der Waals surface area (Å²) in [7, 11) is 0. The molecule has 1 aromatic carbocycles. The van der Waals surface area contributed by atoms with Crippen molar-refractivity contribution in [2.24, 2.45) is 5.92 Å². The smallest absolute Gasteiger partial charge is 0.272 e. The predicted molar refractivity (Wildman–Crippen MR) is 96.2 cm³/mol. The number of pyridine rings is 1. The monoisotopic (exact) mass is 332 g/mol. The maximum atomic E-state index is 12.6. The molecular formula is C20H20N4O. The third-order valence-electron chi connectivity index (χ3n) is 4.82. The van der Waals surface area contributed by atoms with Crippen molar-refractivity contribution in [2.75, 3.05) is 13.1 Å². The standard InChI is InChI=1S/C20H20N4O/c1-14-21-10-7-19(23-14)20(25)24-11-8-15(13-24)12-16-6-9-22-18-5-3-2-4-17(16)18/h2-7,9-10,15H,8,11-13H2,1H3. The maximum absolute atomic E-state index is 12.6. The van der Waals surface area contributed by atoms with Gasteiger partial charge in [-0.15, -0.1) is 0 Å². The number of aryl methyl sites for hydroxylation is 1. The van der Waals surface area contributed by atoms with Gasteiger partial charge in [0, 0.05) is 30.9 Å². The van der Waals surface area contributed by atoms with Crippen LogP contribution in [0, 0.1) is 12.8 Å². The molecule has 1 amide bonds. The van der Waals surface area contributed by atoms with Gasteiger partial charge in [0.2, 0.25) is 0 Å². The Labute approximate surface area is 146 Å². The molecule has 3 heterocycles. The van der Waals surface area contributed by atoms with E-state index in [4.69, 9.17) is 0 Å². The fourth-order valence-electron chi connectivity index (χ4n) is 3.57. The average molecular weight is 332 g/mol. The van der Waals surface area contributed by atoms with E-state index in [0.717, 1.165) is 31.4 Å². The molecule has 0 N–H and O–H groups in total. The third kappa shape index (κ3) is 3.22. The molecule has 1 fully saturated rings. The minimum Gasteiger partial charge on any atom is -0.337 e. The van der Waals surface area contributed by atoms with Gasteiger partial charge in [-0.25, -0.2) is 9.97 Å². The van der Waals surface area contributed by atoms with Gasteiger partial charge in [-0.2, -0.15) is 0 Å². The van der Waals surface area contributed by atoms with Crippen molar-refractivity contribution in [2.45, 2.75) is 19.8 Å². The first-order valence-corrected chi connectivity index (χ1v) is 8.62. The Kier molecular flexibility index (Phi) is 4.14. The average Bonchev–Trinajstić information content (AvgIpc) is 3.10. The van der Waals surface area contributed by atoms with Crippen LogP contribution in [0.5, 0.6) is 0 Å². The molecule has 2 aromatic heterocycles. The lowest BCUT2D eigenvalue weighted by molar-refractivity contribution is 0.0781. The molecule has 1 atom stereocenters. The molecule has 1 aliphatic heterocycles. The van der Waals surface area contributed by atoms with Gasteiger partial charge in [-0.05, 0) is 49.4 Å². The number of hydrogen-bond acceptors (Lipinski definition) is 4. The van der Waals surface area contributed by atoms with Gasteiger partial charge in [0.1, 0.15) is 11.5 Å². The van der Waals surface area contributed by atoms with Gasteiger partial charge >= 0.3 is 0 Å². The Morgan fingerprint density at radius 1 is 1.16 bits per heavy atom. The Bertz CT molecular complexity index is 919. The van der Waals surface area contributed by atoms with Crippen molar-refractivity contribution >= 4 is 16.8 Å². The summed E-state index contributed by atoms with van der Waals surface area (Å²) in [5.74, 6) is 1.11. The van der Waals surface area contributed by atoms with Crippen LogP contribution in [0.15, 0.2) is 48.8 Å². The highest BCUT2D eigenvalue weighted by molar-refractivity contribution is 5.92. The Morgan fingerprint density at radius 2 is 2.00 bits per heavy atom. The molecule has 1 aliphatic rings. The van der Waals surface area contributed by atoms with Crippen molar-refractivity contribution < 1.29 is 4.79 Å². The fraction of sp³-hybridized carbons (Fsp3) is 0.300. The topological polar surface area (TPSA) is 59.0 Å². The molecule has 25 heavy (non-hydrogen) atoms. The van der Waals surface area contributed by atoms with Crippen LogP contribution in [0.3, 0.4) is 0 Å². The van der Waals surface area contributed by atoms with E-state index in [1.807, 2.05) is 23.2 Å². The van der Waals surface area contributed by atoms with E-state index in [1.54, 1.807) is 19.2 Å². The lowest BCUT2D eigenvalue weighted by Gasteiger charge is -2.16. The minimum absolute atomic E-state index is 0.00702. The Hall–Kier alpha value is -2.82. The molecule has 4 rings (SSSR count). The highest BCUT2D eigenvalue weighted by Gasteiger charge is 2.28. The summed E-state index contributed by atoms with van der Waals surface area (Å²) in [6.07, 6.45) is 5.51. The van der Waals surface area contributed by atoms with E-state index in [9.17, 15) is 4.79 Å². The number of benzene rings is 1. The number of amides is 1. The summed E-state index contributed by atoms with van der Waals surface area (Å²) in [5, 5.41) is 1.21. The SMILES string of the molecule is Cc1nccc(C(=O)N2CCC(Cc3ccnc4ccccc34)C2)n1. The maximum Gasteiger partial charge on any atom is 0.272 e. The summed E-state index contributed by atoms with van der Waals surface area (Å²) in [5.41, 5.74) is 2.83. The van der Waals surface area contributed by atoms with Crippen LogP contribution in [-0.2, 0) is 6.42 Å². The highest BCUT2D eigenvalue weighted by Crippen LogP contribution is 2.25. The molecular weight excluding hydrogens is 312 g/mol. The summed E-state index contributed by atoms with van der Waals surface area (Å²) >= 11 is 0. The normalized spacial score (nSPS) is 17.2. The molecule has 5 heteroatoms. The van der Waals surface area contributed by atoms with Crippen molar-refractivity contribution in [1.82, 2.24) is 19.9 Å². The molecule has 0 bridgehead atoms. The highest BCUT2D eigenvalue weighted by atomic mass is 16.2. The summed E-state index contributed by atoms with van der Waals surface area (Å²) in [6, 6.07) is 12.0. The van der Waals surface area contributed by atoms with E-state index in [0.29, 0.717) is 17.4 Å². The van der Waals surface area contributed by atoms with Crippen molar-refractivity contribution in [3.63, 3.8) is 0 Å². The second kappa shape index (κ2) is 6.59. The van der Waals surface area contributed by atoms with E-state index in [2.05, 4.69) is 33.2 Å². The van der Waals surface area contributed by atoms with Crippen LogP contribution < -0.4 is 0 Å². The van der Waals surface area contributed by atoms with Crippen LogP contribution >= 0.6 is 0 Å². The zero-order chi connectivity index (χ0) is 17.2. The largest absolute Gasteiger partial charge is 0.337 e. The summed E-state index contributed by atoms with van der Waals surface area (Å²) in [6.45, 7) is 3.37. The first-order valence-electron chi connectivity index (χ1n) is 8.62. The number of fused-ring (bicyclic) bond motifs is 1. The second-order valence-corrected chi connectivity index (χ2v) is 6.59. The fourth-order valence-corrected chi connectivity index (χ4v) is 3.57. The van der Waals surface area contributed by atoms with E-state index in [-0.39, 0.29) is 5.91 Å². The van der Waals surface area contributed by atoms with Crippen molar-refractivity contribution in [3.05, 3.63) is 65.9 Å². The molecule has 0 aliphatic carbocycles. The quantitative estimate of drug-likeness (QED) is 0.740. The number of likely N-dealkylation sites (tertiary alicyclic amines) is 1. The third-order valence-corrected chi connectivity index (χ3v) is 4.82. The Morgan fingerprint density at radius 3 is 2.88 bits per heavy atom. The van der Waals surface area contributed by atoms with Gasteiger partial charge < -0.3 is 4.90 Å². The lowest BCUT2D eigenvalue weighted by atomic mass is 9.96. The number of carbonyl (C=O) groups excluding carboxylic acids is 1. The molecule has 1 unspecified atom stereocenters. The zero-order valence-electron chi connectivity index (χ0n) is 14.2. The van der Waals surface area contributed by atoms with Crippen molar-refractivity contribution in [3.8, 4) is 0 Å². The van der Waals surface area contributed by atoms with Crippen LogP contribution in [0.2, 0.25) is 0 Å². The number of nitrogens with zero attached hydrogens (tertiary/aromatic N) is 4.